The summed E-state index contributed by atoms with van der Waals surface area (Å²) < 4.78 is 29.4. The molecule has 7 nitrogen and oxygen atoms in total. The molecule has 0 radical (unpaired) electrons. The summed E-state index contributed by atoms with van der Waals surface area (Å²) in [7, 11) is -1.70. The number of ether oxygens (including phenoxy) is 1. The Bertz CT molecular complexity index is 444. The van der Waals surface area contributed by atoms with Gasteiger partial charge in [0.15, 0.2) is 0 Å². The molecule has 0 aliphatic carbocycles. The predicted octanol–water partition coefficient (Wildman–Crippen LogP) is -0.508. The fourth-order valence-corrected chi connectivity index (χ4v) is 2.77. The monoisotopic (exact) mass is 321 g/mol. The van der Waals surface area contributed by atoms with Crippen molar-refractivity contribution in [3.63, 3.8) is 0 Å². The molecule has 8 heteroatoms. The van der Waals surface area contributed by atoms with Crippen LogP contribution in [0, 0.1) is 0 Å². The number of hydrogen-bond donors (Lipinski definition) is 1. The minimum absolute atomic E-state index is 0.0850. The van der Waals surface area contributed by atoms with E-state index in [4.69, 9.17) is 4.74 Å². The van der Waals surface area contributed by atoms with Gasteiger partial charge >= 0.3 is 0 Å². The number of nitrogens with zero attached hydrogens (tertiary/aromatic N) is 2. The second kappa shape index (κ2) is 7.53. The summed E-state index contributed by atoms with van der Waals surface area (Å²) in [6, 6.07) is -0.248. The Kier molecular flexibility index (Phi) is 6.58. The van der Waals surface area contributed by atoms with Crippen LogP contribution in [0.2, 0.25) is 0 Å². The van der Waals surface area contributed by atoms with Crippen LogP contribution in [0.4, 0.5) is 0 Å². The molecule has 1 saturated heterocycles. The lowest BCUT2D eigenvalue weighted by Gasteiger charge is -2.38. The number of sulfonamides is 1. The van der Waals surface area contributed by atoms with Crippen LogP contribution < -0.4 is 5.32 Å². The van der Waals surface area contributed by atoms with Crippen LogP contribution in [0.25, 0.3) is 0 Å². The molecule has 1 N–H and O–H groups in total. The van der Waals surface area contributed by atoms with Crippen LogP contribution in [0.5, 0.6) is 0 Å². The fraction of sp³-hybridized carbons (Fsp3) is 0.923. The zero-order chi connectivity index (χ0) is 16.2. The lowest BCUT2D eigenvalue weighted by Crippen LogP contribution is -2.54. The molecule has 1 aliphatic heterocycles. The Balaban J connectivity index is 2.41. The zero-order valence-corrected chi connectivity index (χ0v) is 14.3. The first kappa shape index (κ1) is 18.3. The van der Waals surface area contributed by atoms with Gasteiger partial charge in [-0.05, 0) is 20.8 Å². The number of carbonyl (C=O) groups is 1. The Morgan fingerprint density at radius 1 is 1.38 bits per heavy atom. The van der Waals surface area contributed by atoms with E-state index in [1.165, 1.54) is 11.4 Å². The first-order valence-corrected chi connectivity index (χ1v) is 9.04. The van der Waals surface area contributed by atoms with Gasteiger partial charge in [-0.3, -0.25) is 9.69 Å². The number of carbonyl (C=O) groups excluding carboxylic acids is 1. The van der Waals surface area contributed by atoms with Crippen molar-refractivity contribution in [1.29, 1.82) is 0 Å². The highest BCUT2D eigenvalue weighted by Gasteiger charge is 2.29. The van der Waals surface area contributed by atoms with Crippen LogP contribution in [0.15, 0.2) is 0 Å². The van der Waals surface area contributed by atoms with Crippen molar-refractivity contribution in [3.8, 4) is 0 Å². The molecule has 1 amide bonds. The standard InChI is InChI=1S/C13H27N3O4S/c1-10-8-16(9-11(2)20-10)12(3)13(17)14-6-7-15(4)21(5,18)19/h10-12H,6-9H2,1-5H3,(H,14,17)/t10-,11+,12?. The Labute approximate surface area is 127 Å². The van der Waals surface area contributed by atoms with Crippen LogP contribution in [-0.4, -0.2) is 81.3 Å². The molecule has 1 fully saturated rings. The van der Waals surface area contributed by atoms with Crippen LogP contribution in [0.3, 0.4) is 0 Å². The zero-order valence-electron chi connectivity index (χ0n) is 13.5. The highest BCUT2D eigenvalue weighted by molar-refractivity contribution is 7.88. The van der Waals surface area contributed by atoms with Gasteiger partial charge in [0, 0.05) is 33.2 Å². The van der Waals surface area contributed by atoms with Crippen molar-refractivity contribution in [3.05, 3.63) is 0 Å². The molecule has 3 atom stereocenters. The normalized spacial score (nSPS) is 25.8. The van der Waals surface area contributed by atoms with Crippen molar-refractivity contribution in [2.75, 3.05) is 39.5 Å². The lowest BCUT2D eigenvalue weighted by molar-refractivity contribution is -0.131. The molecular formula is C13H27N3O4S. The van der Waals surface area contributed by atoms with E-state index in [0.717, 1.165) is 19.3 Å². The third kappa shape index (κ3) is 5.90. The number of morpholine rings is 1. The summed E-state index contributed by atoms with van der Waals surface area (Å²) >= 11 is 0. The average molecular weight is 321 g/mol. The van der Waals surface area contributed by atoms with Gasteiger partial charge in [0.25, 0.3) is 0 Å². The third-order valence-corrected chi connectivity index (χ3v) is 4.98. The second-order valence-electron chi connectivity index (χ2n) is 5.76. The summed E-state index contributed by atoms with van der Waals surface area (Å²) in [5.41, 5.74) is 0. The van der Waals surface area contributed by atoms with Gasteiger partial charge in [0.05, 0.1) is 24.5 Å². The summed E-state index contributed by atoms with van der Waals surface area (Å²) in [6.07, 6.45) is 1.37. The maximum atomic E-state index is 12.1. The molecule has 1 aliphatic rings. The molecule has 0 saturated carbocycles. The van der Waals surface area contributed by atoms with Crippen molar-refractivity contribution >= 4 is 15.9 Å². The van der Waals surface area contributed by atoms with Gasteiger partial charge in [-0.2, -0.15) is 0 Å². The highest BCUT2D eigenvalue weighted by Crippen LogP contribution is 2.13. The molecule has 0 aromatic heterocycles. The van der Waals surface area contributed by atoms with E-state index in [1.54, 1.807) is 0 Å². The van der Waals surface area contributed by atoms with Gasteiger partial charge in [-0.15, -0.1) is 0 Å². The molecule has 0 spiro atoms. The number of rotatable bonds is 6. The number of hydrogen-bond acceptors (Lipinski definition) is 5. The van der Waals surface area contributed by atoms with Gasteiger partial charge in [-0.1, -0.05) is 0 Å². The van der Waals surface area contributed by atoms with Gasteiger partial charge in [0.1, 0.15) is 0 Å². The van der Waals surface area contributed by atoms with E-state index >= 15 is 0 Å². The van der Waals surface area contributed by atoms with Crippen molar-refractivity contribution in [2.24, 2.45) is 0 Å². The SMILES string of the molecule is CC(C(=O)NCCN(C)S(C)(=O)=O)N1C[C@@H](C)O[C@@H](C)C1. The third-order valence-electron chi connectivity index (χ3n) is 3.67. The predicted molar refractivity (Wildman–Crippen MR) is 81.5 cm³/mol. The number of likely N-dealkylation sites (N-methyl/N-ethyl adjacent to an activating group) is 1. The van der Waals surface area contributed by atoms with E-state index < -0.39 is 10.0 Å². The molecule has 1 heterocycles. The van der Waals surface area contributed by atoms with Crippen LogP contribution in [-0.2, 0) is 19.6 Å². The van der Waals surface area contributed by atoms with Crippen molar-refractivity contribution in [2.45, 2.75) is 39.0 Å². The molecule has 124 valence electrons. The maximum Gasteiger partial charge on any atom is 0.237 e. The van der Waals surface area contributed by atoms with Crippen molar-refractivity contribution in [1.82, 2.24) is 14.5 Å². The molecule has 0 aromatic rings. The van der Waals surface area contributed by atoms with E-state index in [-0.39, 0.29) is 30.7 Å². The minimum atomic E-state index is -3.20. The molecule has 0 bridgehead atoms. The van der Waals surface area contributed by atoms with Gasteiger partial charge in [0.2, 0.25) is 15.9 Å². The van der Waals surface area contributed by atoms with Gasteiger partial charge < -0.3 is 10.1 Å². The molecule has 0 aromatic carbocycles. The summed E-state index contributed by atoms with van der Waals surface area (Å²) in [6.45, 7) is 7.88. The van der Waals surface area contributed by atoms with Crippen molar-refractivity contribution < 1.29 is 17.9 Å². The molecule has 1 rings (SSSR count). The Morgan fingerprint density at radius 3 is 2.38 bits per heavy atom. The molecular weight excluding hydrogens is 294 g/mol. The van der Waals surface area contributed by atoms with E-state index in [9.17, 15) is 13.2 Å². The average Bonchev–Trinajstić information content (AvgIpc) is 2.35. The smallest absolute Gasteiger partial charge is 0.237 e. The van der Waals surface area contributed by atoms with Crippen LogP contribution >= 0.6 is 0 Å². The first-order valence-electron chi connectivity index (χ1n) is 7.19. The lowest BCUT2D eigenvalue weighted by atomic mass is 10.1. The van der Waals surface area contributed by atoms with Gasteiger partial charge in [-0.25, -0.2) is 12.7 Å². The summed E-state index contributed by atoms with van der Waals surface area (Å²) in [5.74, 6) is -0.0850. The topological polar surface area (TPSA) is 79.0 Å². The quantitative estimate of drug-likeness (QED) is 0.713. The molecule has 1 unspecified atom stereocenters. The van der Waals surface area contributed by atoms with E-state index in [0.29, 0.717) is 6.54 Å². The Hall–Kier alpha value is -0.700. The Morgan fingerprint density at radius 2 is 1.90 bits per heavy atom. The second-order valence-corrected chi connectivity index (χ2v) is 7.85. The van der Waals surface area contributed by atoms with E-state index in [2.05, 4.69) is 10.2 Å². The maximum absolute atomic E-state index is 12.1. The fourth-order valence-electron chi connectivity index (χ4n) is 2.35. The van der Waals surface area contributed by atoms with Crippen LogP contribution in [0.1, 0.15) is 20.8 Å². The number of amides is 1. The largest absolute Gasteiger partial charge is 0.373 e. The molecule has 21 heavy (non-hydrogen) atoms. The summed E-state index contributed by atoms with van der Waals surface area (Å²) in [5, 5.41) is 2.78. The summed E-state index contributed by atoms with van der Waals surface area (Å²) in [4.78, 5) is 14.2. The first-order chi connectivity index (χ1) is 9.61. The number of nitrogens with one attached hydrogen (secondary N) is 1. The highest BCUT2D eigenvalue weighted by atomic mass is 32.2. The van der Waals surface area contributed by atoms with E-state index in [1.807, 2.05) is 20.8 Å². The minimum Gasteiger partial charge on any atom is -0.373 e.